The highest BCUT2D eigenvalue weighted by atomic mass is 14.9. The van der Waals surface area contributed by atoms with Crippen molar-refractivity contribution < 1.29 is 0 Å². The van der Waals surface area contributed by atoms with E-state index in [1.165, 1.54) is 5.56 Å². The Balaban J connectivity index is 2.91. The molecule has 0 unspecified atom stereocenters. The fourth-order valence-corrected chi connectivity index (χ4v) is 0.725. The highest BCUT2D eigenvalue weighted by molar-refractivity contribution is 5.49. The van der Waals surface area contributed by atoms with Gasteiger partial charge in [0.1, 0.15) is 0 Å². The SMILES string of the molecule is C=CNc1cnccc1C. The van der Waals surface area contributed by atoms with Gasteiger partial charge in [-0.25, -0.2) is 0 Å². The van der Waals surface area contributed by atoms with E-state index >= 15 is 0 Å². The van der Waals surface area contributed by atoms with E-state index in [0.29, 0.717) is 0 Å². The molecule has 0 aliphatic carbocycles. The molecule has 0 amide bonds. The van der Waals surface area contributed by atoms with E-state index in [-0.39, 0.29) is 0 Å². The van der Waals surface area contributed by atoms with Gasteiger partial charge in [-0.05, 0) is 24.8 Å². The summed E-state index contributed by atoms with van der Waals surface area (Å²) in [6.07, 6.45) is 5.19. The summed E-state index contributed by atoms with van der Waals surface area (Å²) >= 11 is 0. The molecule has 1 heterocycles. The minimum Gasteiger partial charge on any atom is -0.361 e. The van der Waals surface area contributed by atoms with Crippen LogP contribution in [0.1, 0.15) is 5.56 Å². The highest BCUT2D eigenvalue weighted by Crippen LogP contribution is 2.10. The lowest BCUT2D eigenvalue weighted by Gasteiger charge is -2.01. The van der Waals surface area contributed by atoms with Crippen LogP contribution in [0, 0.1) is 6.92 Å². The fourth-order valence-electron chi connectivity index (χ4n) is 0.725. The van der Waals surface area contributed by atoms with Crippen molar-refractivity contribution in [2.24, 2.45) is 0 Å². The van der Waals surface area contributed by atoms with Crippen molar-refractivity contribution in [1.82, 2.24) is 4.98 Å². The third kappa shape index (κ3) is 1.35. The molecule has 1 N–H and O–H groups in total. The molecule has 0 atom stereocenters. The number of pyridine rings is 1. The molecule has 0 aliphatic rings. The summed E-state index contributed by atoms with van der Waals surface area (Å²) in [5, 5.41) is 2.98. The Kier molecular flexibility index (Phi) is 2.05. The summed E-state index contributed by atoms with van der Waals surface area (Å²) in [6, 6.07) is 1.95. The molecule has 0 fully saturated rings. The Morgan fingerprint density at radius 3 is 3.10 bits per heavy atom. The molecule has 2 nitrogen and oxygen atoms in total. The molecule has 0 saturated heterocycles. The number of anilines is 1. The van der Waals surface area contributed by atoms with E-state index in [2.05, 4.69) is 16.9 Å². The molecular formula is C8H10N2. The van der Waals surface area contributed by atoms with Gasteiger partial charge in [-0.2, -0.15) is 0 Å². The third-order valence-electron chi connectivity index (χ3n) is 1.30. The van der Waals surface area contributed by atoms with Gasteiger partial charge in [0.2, 0.25) is 0 Å². The van der Waals surface area contributed by atoms with E-state index in [9.17, 15) is 0 Å². The van der Waals surface area contributed by atoms with Crippen LogP contribution in [0.5, 0.6) is 0 Å². The normalized spacial score (nSPS) is 8.90. The molecule has 10 heavy (non-hydrogen) atoms. The zero-order chi connectivity index (χ0) is 7.40. The van der Waals surface area contributed by atoms with Crippen molar-refractivity contribution in [3.8, 4) is 0 Å². The van der Waals surface area contributed by atoms with Gasteiger partial charge in [-0.3, -0.25) is 4.98 Å². The Labute approximate surface area is 60.6 Å². The van der Waals surface area contributed by atoms with Gasteiger partial charge in [0, 0.05) is 6.20 Å². The second kappa shape index (κ2) is 3.01. The van der Waals surface area contributed by atoms with Crippen LogP contribution in [0.25, 0.3) is 0 Å². The lowest BCUT2D eigenvalue weighted by atomic mass is 10.2. The average molecular weight is 134 g/mol. The summed E-state index contributed by atoms with van der Waals surface area (Å²) in [5.74, 6) is 0. The maximum absolute atomic E-state index is 3.95. The van der Waals surface area contributed by atoms with Gasteiger partial charge in [-0.15, -0.1) is 0 Å². The van der Waals surface area contributed by atoms with Crippen LogP contribution in [0.4, 0.5) is 5.69 Å². The number of rotatable bonds is 2. The highest BCUT2D eigenvalue weighted by Gasteiger charge is 1.90. The standard InChI is InChI=1S/C8H10N2/c1-3-10-8-6-9-5-4-7(8)2/h3-6,10H,1H2,2H3. The van der Waals surface area contributed by atoms with Crippen molar-refractivity contribution in [3.63, 3.8) is 0 Å². The van der Waals surface area contributed by atoms with Gasteiger partial charge in [0.25, 0.3) is 0 Å². The number of aromatic nitrogens is 1. The van der Waals surface area contributed by atoms with Gasteiger partial charge >= 0.3 is 0 Å². The van der Waals surface area contributed by atoms with Crippen LogP contribution in [0.3, 0.4) is 0 Å². The fraction of sp³-hybridized carbons (Fsp3) is 0.125. The van der Waals surface area contributed by atoms with Crippen molar-refractivity contribution in [1.29, 1.82) is 0 Å². The minimum atomic E-state index is 1.01. The molecule has 52 valence electrons. The van der Waals surface area contributed by atoms with Crippen molar-refractivity contribution >= 4 is 5.69 Å². The summed E-state index contributed by atoms with van der Waals surface area (Å²) in [7, 11) is 0. The molecule has 0 aromatic carbocycles. The predicted molar refractivity (Wildman–Crippen MR) is 42.8 cm³/mol. The quantitative estimate of drug-likeness (QED) is 0.668. The summed E-state index contributed by atoms with van der Waals surface area (Å²) < 4.78 is 0. The maximum atomic E-state index is 3.95. The topological polar surface area (TPSA) is 24.9 Å². The maximum Gasteiger partial charge on any atom is 0.0595 e. The molecule has 0 saturated carbocycles. The lowest BCUT2D eigenvalue weighted by Crippen LogP contribution is -1.89. The monoisotopic (exact) mass is 134 g/mol. The van der Waals surface area contributed by atoms with E-state index in [1.54, 1.807) is 18.6 Å². The number of hydrogen-bond donors (Lipinski definition) is 1. The van der Waals surface area contributed by atoms with Gasteiger partial charge in [0.15, 0.2) is 0 Å². The molecule has 0 bridgehead atoms. The van der Waals surface area contributed by atoms with Crippen LogP contribution in [0.15, 0.2) is 31.2 Å². The van der Waals surface area contributed by atoms with Crippen LogP contribution < -0.4 is 5.32 Å². The van der Waals surface area contributed by atoms with E-state index in [1.807, 2.05) is 13.0 Å². The Morgan fingerprint density at radius 1 is 1.70 bits per heavy atom. The zero-order valence-electron chi connectivity index (χ0n) is 5.96. The number of nitrogens with zero attached hydrogens (tertiary/aromatic N) is 1. The summed E-state index contributed by atoms with van der Waals surface area (Å²) in [4.78, 5) is 3.95. The first-order chi connectivity index (χ1) is 4.84. The molecule has 1 aromatic rings. The average Bonchev–Trinajstić information content (AvgIpc) is 1.94. The Bertz CT molecular complexity index is 230. The van der Waals surface area contributed by atoms with Gasteiger partial charge in [0.05, 0.1) is 11.9 Å². The molecule has 0 spiro atoms. The van der Waals surface area contributed by atoms with Crippen LogP contribution in [-0.2, 0) is 0 Å². The summed E-state index contributed by atoms with van der Waals surface area (Å²) in [5.41, 5.74) is 2.19. The van der Waals surface area contributed by atoms with E-state index in [0.717, 1.165) is 5.69 Å². The first-order valence-electron chi connectivity index (χ1n) is 3.12. The number of hydrogen-bond acceptors (Lipinski definition) is 2. The Hall–Kier alpha value is -1.31. The zero-order valence-corrected chi connectivity index (χ0v) is 5.96. The first-order valence-corrected chi connectivity index (χ1v) is 3.12. The molecule has 0 aliphatic heterocycles. The van der Waals surface area contributed by atoms with Crippen LogP contribution in [0.2, 0.25) is 0 Å². The smallest absolute Gasteiger partial charge is 0.0595 e. The largest absolute Gasteiger partial charge is 0.361 e. The molecule has 1 rings (SSSR count). The molecule has 0 radical (unpaired) electrons. The second-order valence-corrected chi connectivity index (χ2v) is 2.04. The predicted octanol–water partition coefficient (Wildman–Crippen LogP) is 1.95. The Morgan fingerprint density at radius 2 is 2.50 bits per heavy atom. The van der Waals surface area contributed by atoms with E-state index in [4.69, 9.17) is 0 Å². The van der Waals surface area contributed by atoms with Crippen molar-refractivity contribution in [2.75, 3.05) is 5.32 Å². The molecule has 2 heteroatoms. The third-order valence-corrected chi connectivity index (χ3v) is 1.30. The summed E-state index contributed by atoms with van der Waals surface area (Å²) in [6.45, 7) is 5.58. The van der Waals surface area contributed by atoms with Gasteiger partial charge in [-0.1, -0.05) is 6.58 Å². The first kappa shape index (κ1) is 6.81. The molecular weight excluding hydrogens is 124 g/mol. The lowest BCUT2D eigenvalue weighted by molar-refractivity contribution is 1.28. The number of nitrogens with one attached hydrogen (secondary N) is 1. The second-order valence-electron chi connectivity index (χ2n) is 2.04. The van der Waals surface area contributed by atoms with E-state index < -0.39 is 0 Å². The van der Waals surface area contributed by atoms with Crippen LogP contribution >= 0.6 is 0 Å². The van der Waals surface area contributed by atoms with Gasteiger partial charge < -0.3 is 5.32 Å². The van der Waals surface area contributed by atoms with Crippen molar-refractivity contribution in [3.05, 3.63) is 36.8 Å². The van der Waals surface area contributed by atoms with Crippen LogP contribution in [-0.4, -0.2) is 4.98 Å². The molecule has 1 aromatic heterocycles. The minimum absolute atomic E-state index is 1.01. The van der Waals surface area contributed by atoms with Crippen molar-refractivity contribution in [2.45, 2.75) is 6.92 Å². The number of aryl methyl sites for hydroxylation is 1.